The molecule has 1 aliphatic heterocycles. The SMILES string of the molecule is CC1C(c2ccccc2)N(C(=O)CC(c2ccc(S(C)(=O)=O)cc2)c2cccs2)C(=O)N1C. The minimum atomic E-state index is -3.32. The Balaban J connectivity index is 1.67. The Morgan fingerprint density at radius 1 is 1.03 bits per heavy atom. The molecule has 0 aliphatic carbocycles. The molecule has 3 unspecified atom stereocenters. The van der Waals surface area contributed by atoms with Crippen molar-refractivity contribution in [3.8, 4) is 0 Å². The topological polar surface area (TPSA) is 74.8 Å². The van der Waals surface area contributed by atoms with E-state index in [9.17, 15) is 18.0 Å². The first-order valence-electron chi connectivity index (χ1n) is 10.7. The molecule has 3 aromatic rings. The van der Waals surface area contributed by atoms with E-state index in [1.807, 2.05) is 54.8 Å². The van der Waals surface area contributed by atoms with Crippen LogP contribution in [-0.4, -0.2) is 49.5 Å². The van der Waals surface area contributed by atoms with Gasteiger partial charge in [0.15, 0.2) is 9.84 Å². The number of hydrogen-bond acceptors (Lipinski definition) is 5. The fourth-order valence-electron chi connectivity index (χ4n) is 4.32. The number of nitrogens with zero attached hydrogens (tertiary/aromatic N) is 2. The van der Waals surface area contributed by atoms with Crippen LogP contribution in [0.4, 0.5) is 4.79 Å². The van der Waals surface area contributed by atoms with Gasteiger partial charge in [-0.25, -0.2) is 13.2 Å². The largest absolute Gasteiger partial charge is 0.327 e. The van der Waals surface area contributed by atoms with Crippen LogP contribution in [0.2, 0.25) is 0 Å². The Bertz CT molecular complexity index is 1240. The normalized spacial score (nSPS) is 19.7. The molecule has 2 heterocycles. The standard InChI is InChI=1S/C25H26N2O4S2/c1-17-24(19-8-5-4-6-9-19)27(25(29)26(17)2)23(28)16-21(22-10-7-15-32-22)18-11-13-20(14-12-18)33(3,30)31/h4-15,17,21,24H,16H2,1-3H3. The molecular weight excluding hydrogens is 456 g/mol. The van der Waals surface area contributed by atoms with E-state index in [4.69, 9.17) is 0 Å². The highest BCUT2D eigenvalue weighted by Gasteiger charge is 2.45. The first-order valence-corrected chi connectivity index (χ1v) is 13.4. The van der Waals surface area contributed by atoms with Gasteiger partial charge in [-0.2, -0.15) is 0 Å². The number of likely N-dealkylation sites (N-methyl/N-ethyl adjacent to an activating group) is 1. The van der Waals surface area contributed by atoms with Crippen molar-refractivity contribution in [2.45, 2.75) is 36.2 Å². The average Bonchev–Trinajstić information content (AvgIpc) is 3.41. The van der Waals surface area contributed by atoms with E-state index < -0.39 is 9.84 Å². The Labute approximate surface area is 198 Å². The molecule has 1 aromatic heterocycles. The summed E-state index contributed by atoms with van der Waals surface area (Å²) in [6.07, 6.45) is 1.27. The fraction of sp³-hybridized carbons (Fsp3) is 0.280. The molecule has 0 bridgehead atoms. The number of urea groups is 1. The zero-order valence-electron chi connectivity index (χ0n) is 18.7. The van der Waals surface area contributed by atoms with E-state index in [1.54, 1.807) is 36.2 Å². The van der Waals surface area contributed by atoms with Gasteiger partial charge in [0, 0.05) is 30.5 Å². The third-order valence-corrected chi connectivity index (χ3v) is 8.35. The van der Waals surface area contributed by atoms with E-state index in [1.165, 1.54) is 22.5 Å². The molecule has 1 fully saturated rings. The maximum absolute atomic E-state index is 13.6. The van der Waals surface area contributed by atoms with Gasteiger partial charge in [0.1, 0.15) is 0 Å². The van der Waals surface area contributed by atoms with E-state index >= 15 is 0 Å². The second kappa shape index (κ2) is 9.11. The number of benzene rings is 2. The zero-order valence-corrected chi connectivity index (χ0v) is 20.3. The molecule has 1 saturated heterocycles. The number of thiophene rings is 1. The molecule has 4 rings (SSSR count). The second-order valence-electron chi connectivity index (χ2n) is 8.37. The summed E-state index contributed by atoms with van der Waals surface area (Å²) in [7, 11) is -1.60. The highest BCUT2D eigenvalue weighted by molar-refractivity contribution is 7.90. The molecule has 172 valence electrons. The lowest BCUT2D eigenvalue weighted by atomic mass is 9.92. The van der Waals surface area contributed by atoms with Crippen LogP contribution >= 0.6 is 11.3 Å². The van der Waals surface area contributed by atoms with Gasteiger partial charge in [-0.1, -0.05) is 48.5 Å². The van der Waals surface area contributed by atoms with Crippen LogP contribution in [-0.2, 0) is 14.6 Å². The van der Waals surface area contributed by atoms with Gasteiger partial charge in [-0.05, 0) is 41.6 Å². The lowest BCUT2D eigenvalue weighted by Crippen LogP contribution is -2.37. The molecule has 0 spiro atoms. The van der Waals surface area contributed by atoms with Crippen molar-refractivity contribution in [1.29, 1.82) is 0 Å². The van der Waals surface area contributed by atoms with E-state index in [-0.39, 0.29) is 41.3 Å². The predicted molar refractivity (Wildman–Crippen MR) is 129 cm³/mol. The minimum absolute atomic E-state index is 0.106. The highest BCUT2D eigenvalue weighted by atomic mass is 32.2. The van der Waals surface area contributed by atoms with Crippen molar-refractivity contribution in [2.24, 2.45) is 0 Å². The number of carbonyl (C=O) groups is 2. The van der Waals surface area contributed by atoms with Crippen LogP contribution in [0, 0.1) is 0 Å². The molecule has 6 nitrogen and oxygen atoms in total. The van der Waals surface area contributed by atoms with Gasteiger partial charge in [-0.3, -0.25) is 9.69 Å². The van der Waals surface area contributed by atoms with Crippen molar-refractivity contribution in [3.05, 3.63) is 88.1 Å². The second-order valence-corrected chi connectivity index (χ2v) is 11.4. The van der Waals surface area contributed by atoms with Crippen LogP contribution in [0.1, 0.15) is 41.3 Å². The van der Waals surface area contributed by atoms with E-state index in [2.05, 4.69) is 0 Å². The van der Waals surface area contributed by atoms with Crippen LogP contribution in [0.25, 0.3) is 0 Å². The molecule has 3 atom stereocenters. The van der Waals surface area contributed by atoms with Gasteiger partial charge in [-0.15, -0.1) is 11.3 Å². The van der Waals surface area contributed by atoms with Crippen molar-refractivity contribution >= 4 is 33.1 Å². The lowest BCUT2D eigenvalue weighted by molar-refractivity contribution is -0.129. The number of rotatable bonds is 6. The first-order chi connectivity index (χ1) is 15.7. The maximum Gasteiger partial charge on any atom is 0.327 e. The highest BCUT2D eigenvalue weighted by Crippen LogP contribution is 2.38. The van der Waals surface area contributed by atoms with Gasteiger partial charge in [0.25, 0.3) is 0 Å². The van der Waals surface area contributed by atoms with Crippen molar-refractivity contribution < 1.29 is 18.0 Å². The summed E-state index contributed by atoms with van der Waals surface area (Å²) in [4.78, 5) is 30.9. The summed E-state index contributed by atoms with van der Waals surface area (Å²) in [5, 5.41) is 1.95. The third-order valence-electron chi connectivity index (χ3n) is 6.24. The summed E-state index contributed by atoms with van der Waals surface area (Å²) in [6, 6.07) is 19.3. The van der Waals surface area contributed by atoms with E-state index in [0.29, 0.717) is 0 Å². The zero-order chi connectivity index (χ0) is 23.8. The van der Waals surface area contributed by atoms with Crippen molar-refractivity contribution in [3.63, 3.8) is 0 Å². The molecule has 1 aliphatic rings. The van der Waals surface area contributed by atoms with Gasteiger partial charge >= 0.3 is 6.03 Å². The number of sulfone groups is 1. The third kappa shape index (κ3) is 4.58. The van der Waals surface area contributed by atoms with Crippen LogP contribution in [0.5, 0.6) is 0 Å². The van der Waals surface area contributed by atoms with Gasteiger partial charge in [0.05, 0.1) is 17.0 Å². The molecule has 33 heavy (non-hydrogen) atoms. The smallest absolute Gasteiger partial charge is 0.322 e. The summed E-state index contributed by atoms with van der Waals surface area (Å²) in [5.41, 5.74) is 1.75. The number of imide groups is 1. The number of carbonyl (C=O) groups excluding carboxylic acids is 2. The summed E-state index contributed by atoms with van der Waals surface area (Å²) >= 11 is 1.53. The average molecular weight is 483 g/mol. The molecule has 0 radical (unpaired) electrons. The van der Waals surface area contributed by atoms with Crippen molar-refractivity contribution in [1.82, 2.24) is 9.80 Å². The number of amides is 3. The number of hydrogen-bond donors (Lipinski definition) is 0. The molecule has 0 saturated carbocycles. The van der Waals surface area contributed by atoms with Gasteiger partial charge in [0.2, 0.25) is 5.91 Å². The summed E-state index contributed by atoms with van der Waals surface area (Å²) in [5.74, 6) is -0.535. The lowest BCUT2D eigenvalue weighted by Gasteiger charge is -2.26. The molecular formula is C25H26N2O4S2. The predicted octanol–water partition coefficient (Wildman–Crippen LogP) is 4.70. The maximum atomic E-state index is 13.6. The molecule has 3 amide bonds. The minimum Gasteiger partial charge on any atom is -0.322 e. The fourth-order valence-corrected chi connectivity index (χ4v) is 5.81. The van der Waals surface area contributed by atoms with Crippen molar-refractivity contribution in [2.75, 3.05) is 13.3 Å². The monoisotopic (exact) mass is 482 g/mol. The van der Waals surface area contributed by atoms with Gasteiger partial charge < -0.3 is 4.90 Å². The summed E-state index contributed by atoms with van der Waals surface area (Å²) < 4.78 is 23.7. The Hall–Kier alpha value is -2.97. The molecule has 0 N–H and O–H groups in total. The Morgan fingerprint density at radius 2 is 1.70 bits per heavy atom. The van der Waals surface area contributed by atoms with Crippen LogP contribution in [0.15, 0.2) is 77.0 Å². The molecule has 8 heteroatoms. The Kier molecular flexibility index (Phi) is 6.41. The summed E-state index contributed by atoms with van der Waals surface area (Å²) in [6.45, 7) is 1.95. The quantitative estimate of drug-likeness (QED) is 0.511. The van der Waals surface area contributed by atoms with Crippen LogP contribution < -0.4 is 0 Å². The van der Waals surface area contributed by atoms with Crippen LogP contribution in [0.3, 0.4) is 0 Å². The Morgan fingerprint density at radius 3 is 2.27 bits per heavy atom. The molecule has 2 aromatic carbocycles. The van der Waals surface area contributed by atoms with E-state index in [0.717, 1.165) is 16.0 Å². The first kappa shape index (κ1) is 23.2.